The Bertz CT molecular complexity index is 628. The minimum atomic E-state index is -0.875. The highest BCUT2D eigenvalue weighted by atomic mass is 19.2. The second kappa shape index (κ2) is 6.74. The molecule has 0 radical (unpaired) electrons. The molecule has 0 saturated carbocycles. The van der Waals surface area contributed by atoms with Crippen molar-refractivity contribution in [1.29, 1.82) is 0 Å². The SMILES string of the molecule is CN1OC(C2CCCCC(=O)N2C)N(C)C1c1ccc(F)c(F)c1. The number of likely N-dealkylation sites (N-methyl/N-ethyl adjacent to an activating group) is 2. The normalized spacial score (nSPS) is 30.0. The Labute approximate surface area is 140 Å². The highest BCUT2D eigenvalue weighted by molar-refractivity contribution is 5.76. The van der Waals surface area contributed by atoms with Crippen molar-refractivity contribution in [3.63, 3.8) is 0 Å². The third-order valence-electron chi connectivity index (χ3n) is 5.01. The number of rotatable bonds is 2. The molecule has 2 fully saturated rings. The third kappa shape index (κ3) is 3.03. The highest BCUT2D eigenvalue weighted by Crippen LogP contribution is 2.36. The van der Waals surface area contributed by atoms with Crippen LogP contribution in [0.2, 0.25) is 0 Å². The fourth-order valence-corrected chi connectivity index (χ4v) is 3.68. The molecule has 0 aliphatic carbocycles. The molecule has 0 N–H and O–H groups in total. The van der Waals surface area contributed by atoms with Gasteiger partial charge in [-0.15, -0.1) is 0 Å². The van der Waals surface area contributed by atoms with Gasteiger partial charge in [0.25, 0.3) is 0 Å². The number of amides is 1. The molecule has 0 spiro atoms. The number of hydrogen-bond donors (Lipinski definition) is 0. The van der Waals surface area contributed by atoms with Gasteiger partial charge in [-0.1, -0.05) is 12.5 Å². The first-order chi connectivity index (χ1) is 11.4. The summed E-state index contributed by atoms with van der Waals surface area (Å²) in [6.07, 6.45) is 2.62. The van der Waals surface area contributed by atoms with E-state index in [0.29, 0.717) is 12.0 Å². The standard InChI is InChI=1S/C17H23F2N3O2/c1-20-14(6-4-5-7-15(20)23)17-21(2)16(22(3)24-17)11-8-9-12(18)13(19)10-11/h8-10,14,16-17H,4-7H2,1-3H3. The van der Waals surface area contributed by atoms with Gasteiger partial charge in [0.1, 0.15) is 6.17 Å². The number of nitrogens with zero attached hydrogens (tertiary/aromatic N) is 3. The number of halogens is 2. The largest absolute Gasteiger partial charge is 0.339 e. The van der Waals surface area contributed by atoms with Crippen molar-refractivity contribution in [1.82, 2.24) is 14.9 Å². The second-order valence-electron chi connectivity index (χ2n) is 6.57. The first kappa shape index (κ1) is 17.3. The summed E-state index contributed by atoms with van der Waals surface area (Å²) in [5.74, 6) is -1.62. The van der Waals surface area contributed by atoms with Gasteiger partial charge in [-0.25, -0.2) is 8.78 Å². The van der Waals surface area contributed by atoms with Crippen molar-refractivity contribution in [2.75, 3.05) is 21.1 Å². The van der Waals surface area contributed by atoms with E-state index >= 15 is 0 Å². The molecule has 2 aliphatic rings. The second-order valence-corrected chi connectivity index (χ2v) is 6.57. The summed E-state index contributed by atoms with van der Waals surface area (Å²) in [5, 5.41) is 1.64. The Balaban J connectivity index is 1.85. The zero-order chi connectivity index (χ0) is 17.4. The van der Waals surface area contributed by atoms with Crippen molar-refractivity contribution in [3.05, 3.63) is 35.4 Å². The van der Waals surface area contributed by atoms with Crippen molar-refractivity contribution < 1.29 is 18.4 Å². The van der Waals surface area contributed by atoms with Crippen LogP contribution < -0.4 is 0 Å². The number of carbonyl (C=O) groups excluding carboxylic acids is 1. The molecule has 5 nitrogen and oxygen atoms in total. The molecule has 2 heterocycles. The van der Waals surface area contributed by atoms with E-state index in [2.05, 4.69) is 0 Å². The van der Waals surface area contributed by atoms with Gasteiger partial charge < -0.3 is 4.90 Å². The van der Waals surface area contributed by atoms with Crippen LogP contribution in [0.3, 0.4) is 0 Å². The summed E-state index contributed by atoms with van der Waals surface area (Å²) in [7, 11) is 5.45. The fraction of sp³-hybridized carbons (Fsp3) is 0.588. The van der Waals surface area contributed by atoms with Gasteiger partial charge in [-0.3, -0.25) is 14.5 Å². The maximum atomic E-state index is 13.6. The van der Waals surface area contributed by atoms with E-state index in [0.717, 1.165) is 25.3 Å². The molecule has 3 unspecified atom stereocenters. The Morgan fingerprint density at radius 3 is 2.58 bits per heavy atom. The van der Waals surface area contributed by atoms with Crippen LogP contribution in [0, 0.1) is 11.6 Å². The molecule has 132 valence electrons. The molecule has 0 bridgehead atoms. The van der Waals surface area contributed by atoms with Gasteiger partial charge in [-0.2, -0.15) is 5.06 Å². The molecule has 1 aromatic carbocycles. The van der Waals surface area contributed by atoms with Gasteiger partial charge in [0, 0.05) is 20.5 Å². The number of hydrogen-bond acceptors (Lipinski definition) is 4. The quantitative estimate of drug-likeness (QED) is 0.829. The first-order valence-corrected chi connectivity index (χ1v) is 8.22. The predicted molar refractivity (Wildman–Crippen MR) is 84.5 cm³/mol. The highest BCUT2D eigenvalue weighted by Gasteiger charge is 2.44. The van der Waals surface area contributed by atoms with E-state index in [9.17, 15) is 13.6 Å². The van der Waals surface area contributed by atoms with Gasteiger partial charge in [-0.05, 0) is 37.6 Å². The van der Waals surface area contributed by atoms with E-state index in [-0.39, 0.29) is 24.3 Å². The van der Waals surface area contributed by atoms with Crippen LogP contribution in [0.4, 0.5) is 8.78 Å². The zero-order valence-electron chi connectivity index (χ0n) is 14.2. The van der Waals surface area contributed by atoms with E-state index in [1.807, 2.05) is 11.9 Å². The maximum Gasteiger partial charge on any atom is 0.222 e. The number of carbonyl (C=O) groups is 1. The molecular formula is C17H23F2N3O2. The van der Waals surface area contributed by atoms with Crippen LogP contribution in [0.15, 0.2) is 18.2 Å². The zero-order valence-corrected chi connectivity index (χ0v) is 14.2. The summed E-state index contributed by atoms with van der Waals surface area (Å²) in [6.45, 7) is 0. The average Bonchev–Trinajstić information content (AvgIpc) is 2.73. The molecule has 2 aliphatic heterocycles. The Morgan fingerprint density at radius 1 is 1.12 bits per heavy atom. The van der Waals surface area contributed by atoms with Gasteiger partial charge in [0.15, 0.2) is 17.9 Å². The molecule has 2 saturated heterocycles. The van der Waals surface area contributed by atoms with E-state index in [1.165, 1.54) is 6.07 Å². The van der Waals surface area contributed by atoms with Crippen LogP contribution in [-0.4, -0.2) is 54.2 Å². The Kier molecular flexibility index (Phi) is 4.85. The predicted octanol–water partition coefficient (Wildman–Crippen LogP) is 2.50. The van der Waals surface area contributed by atoms with Gasteiger partial charge >= 0.3 is 0 Å². The van der Waals surface area contributed by atoms with Crippen LogP contribution in [-0.2, 0) is 9.63 Å². The summed E-state index contributed by atoms with van der Waals surface area (Å²) in [4.78, 5) is 21.8. The smallest absolute Gasteiger partial charge is 0.222 e. The molecule has 24 heavy (non-hydrogen) atoms. The number of likely N-dealkylation sites (tertiary alicyclic amines) is 1. The summed E-state index contributed by atoms with van der Waals surface area (Å²) >= 11 is 0. The lowest BCUT2D eigenvalue weighted by atomic mass is 10.1. The lowest BCUT2D eigenvalue weighted by Crippen LogP contribution is -2.49. The van der Waals surface area contributed by atoms with Crippen LogP contribution >= 0.6 is 0 Å². The van der Waals surface area contributed by atoms with Gasteiger partial charge in [0.05, 0.1) is 6.04 Å². The lowest BCUT2D eigenvalue weighted by Gasteiger charge is -2.33. The van der Waals surface area contributed by atoms with Crippen LogP contribution in [0.25, 0.3) is 0 Å². The lowest BCUT2D eigenvalue weighted by molar-refractivity contribution is -0.169. The topological polar surface area (TPSA) is 36.0 Å². The average molecular weight is 339 g/mol. The minimum absolute atomic E-state index is 0.0669. The molecule has 3 rings (SSSR count). The fourth-order valence-electron chi connectivity index (χ4n) is 3.68. The number of hydroxylamine groups is 2. The van der Waals surface area contributed by atoms with E-state index in [4.69, 9.17) is 4.84 Å². The monoisotopic (exact) mass is 339 g/mol. The summed E-state index contributed by atoms with van der Waals surface area (Å²) in [6, 6.07) is 3.81. The van der Waals surface area contributed by atoms with Crippen LogP contribution in [0.1, 0.15) is 37.4 Å². The summed E-state index contributed by atoms with van der Waals surface area (Å²) < 4.78 is 26.8. The van der Waals surface area contributed by atoms with E-state index in [1.54, 1.807) is 30.1 Å². The number of benzene rings is 1. The molecular weight excluding hydrogens is 316 g/mol. The molecule has 1 aromatic rings. The van der Waals surface area contributed by atoms with Crippen LogP contribution in [0.5, 0.6) is 0 Å². The summed E-state index contributed by atoms with van der Waals surface area (Å²) in [5.41, 5.74) is 0.615. The van der Waals surface area contributed by atoms with Crippen molar-refractivity contribution in [3.8, 4) is 0 Å². The van der Waals surface area contributed by atoms with Crippen molar-refractivity contribution in [2.24, 2.45) is 0 Å². The molecule has 7 heteroatoms. The first-order valence-electron chi connectivity index (χ1n) is 8.22. The van der Waals surface area contributed by atoms with Crippen molar-refractivity contribution in [2.45, 2.75) is 44.1 Å². The maximum absolute atomic E-state index is 13.6. The minimum Gasteiger partial charge on any atom is -0.339 e. The third-order valence-corrected chi connectivity index (χ3v) is 5.01. The van der Waals surface area contributed by atoms with E-state index < -0.39 is 11.6 Å². The van der Waals surface area contributed by atoms with Gasteiger partial charge in [0.2, 0.25) is 5.91 Å². The molecule has 0 aromatic heterocycles. The molecule has 1 amide bonds. The molecule has 3 atom stereocenters. The Morgan fingerprint density at radius 2 is 1.88 bits per heavy atom. The Hall–Kier alpha value is -1.57. The van der Waals surface area contributed by atoms with Crippen molar-refractivity contribution >= 4 is 5.91 Å².